The summed E-state index contributed by atoms with van der Waals surface area (Å²) < 4.78 is 49.0. The number of halogens is 2. The number of nitrogens with zero attached hydrogens (tertiary/aromatic N) is 1. The van der Waals surface area contributed by atoms with Gasteiger partial charge in [-0.05, 0) is 42.5 Å². The number of rotatable bonds is 6. The van der Waals surface area contributed by atoms with Crippen LogP contribution in [0.15, 0.2) is 47.4 Å². The Balaban J connectivity index is 2.60. The molecule has 0 heterocycles. The average Bonchev–Trinajstić information content (AvgIpc) is 2.66. The minimum absolute atomic E-state index is 0.0190. The van der Waals surface area contributed by atoms with E-state index in [0.29, 0.717) is 0 Å². The number of hydrogen-bond donors (Lipinski definition) is 0. The monoisotopic (exact) mass is 415 g/mol. The zero-order valence-corrected chi connectivity index (χ0v) is 15.9. The van der Waals surface area contributed by atoms with E-state index in [1.54, 1.807) is 0 Å². The quantitative estimate of drug-likeness (QED) is 0.674. The van der Waals surface area contributed by atoms with Crippen LogP contribution in [0.3, 0.4) is 0 Å². The Hall–Kier alpha value is -2.65. The Kier molecular flexibility index (Phi) is 6.40. The number of benzene rings is 2. The lowest BCUT2D eigenvalue weighted by atomic mass is 10.2. The van der Waals surface area contributed by atoms with Crippen molar-refractivity contribution in [2.45, 2.75) is 4.90 Å². The smallest absolute Gasteiger partial charge is 0.339 e. The van der Waals surface area contributed by atoms with Crippen LogP contribution in [-0.2, 0) is 24.3 Å². The van der Waals surface area contributed by atoms with Crippen molar-refractivity contribution in [3.63, 3.8) is 0 Å². The Morgan fingerprint density at radius 2 is 1.70 bits per heavy atom. The van der Waals surface area contributed by atoms with Gasteiger partial charge in [0.05, 0.1) is 35.4 Å². The van der Waals surface area contributed by atoms with Crippen molar-refractivity contribution in [1.82, 2.24) is 0 Å². The lowest BCUT2D eigenvalue weighted by Crippen LogP contribution is -2.36. The first-order valence-corrected chi connectivity index (χ1v) is 9.25. The van der Waals surface area contributed by atoms with Crippen LogP contribution < -0.4 is 4.31 Å². The molecule has 0 unspecified atom stereocenters. The summed E-state index contributed by atoms with van der Waals surface area (Å²) in [5.74, 6) is -2.23. The van der Waals surface area contributed by atoms with Gasteiger partial charge < -0.3 is 9.47 Å². The van der Waals surface area contributed by atoms with E-state index >= 15 is 0 Å². The van der Waals surface area contributed by atoms with Gasteiger partial charge in [0.1, 0.15) is 12.4 Å². The number of carbonyl (C=O) groups excluding carboxylic acids is 2. The van der Waals surface area contributed by atoms with Crippen molar-refractivity contribution in [2.24, 2.45) is 0 Å². The summed E-state index contributed by atoms with van der Waals surface area (Å²) in [6.45, 7) is -0.668. The number of carbonyl (C=O) groups is 2. The van der Waals surface area contributed by atoms with Crippen LogP contribution in [0.25, 0.3) is 0 Å². The third kappa shape index (κ3) is 4.55. The fraction of sp³-hybridized carbons (Fsp3) is 0.176. The molecule has 0 aliphatic rings. The highest BCUT2D eigenvalue weighted by atomic mass is 35.5. The van der Waals surface area contributed by atoms with Crippen molar-refractivity contribution >= 4 is 39.3 Å². The van der Waals surface area contributed by atoms with Gasteiger partial charge in [-0.2, -0.15) is 0 Å². The molecule has 0 aliphatic carbocycles. The highest BCUT2D eigenvalue weighted by Crippen LogP contribution is 2.28. The minimum atomic E-state index is -4.27. The summed E-state index contributed by atoms with van der Waals surface area (Å²) in [5.41, 5.74) is -0.102. The summed E-state index contributed by atoms with van der Waals surface area (Å²) in [6, 6.07) is 7.87. The molecule has 0 bridgehead atoms. The number of sulfonamides is 1. The second-order valence-electron chi connectivity index (χ2n) is 5.20. The van der Waals surface area contributed by atoms with E-state index in [0.717, 1.165) is 42.8 Å². The Labute approximate surface area is 160 Å². The third-order valence-electron chi connectivity index (χ3n) is 3.55. The van der Waals surface area contributed by atoms with Gasteiger partial charge in [-0.1, -0.05) is 11.6 Å². The summed E-state index contributed by atoms with van der Waals surface area (Å²) >= 11 is 5.95. The maximum atomic E-state index is 13.1. The second-order valence-corrected chi connectivity index (χ2v) is 7.47. The highest BCUT2D eigenvalue weighted by Gasteiger charge is 2.28. The molecule has 7 nitrogen and oxygen atoms in total. The van der Waals surface area contributed by atoms with Crippen LogP contribution in [0.2, 0.25) is 5.02 Å². The first-order chi connectivity index (χ1) is 12.7. The number of hydrogen-bond acceptors (Lipinski definition) is 6. The van der Waals surface area contributed by atoms with Crippen LogP contribution in [0.1, 0.15) is 10.4 Å². The van der Waals surface area contributed by atoms with E-state index in [9.17, 15) is 22.4 Å². The molecule has 0 radical (unpaired) electrons. The van der Waals surface area contributed by atoms with Gasteiger partial charge >= 0.3 is 11.9 Å². The standard InChI is InChI=1S/C17H15ClFNO6S/c1-25-16(21)10-20(27(23,24)13-6-3-11(19)4-7-13)12-5-8-15(18)14(9-12)17(22)26-2/h3-9H,10H2,1-2H3. The number of esters is 2. The van der Waals surface area contributed by atoms with Gasteiger partial charge in [-0.3, -0.25) is 9.10 Å². The molecular weight excluding hydrogens is 401 g/mol. The predicted octanol–water partition coefficient (Wildman–Crippen LogP) is 2.63. The second kappa shape index (κ2) is 8.36. The van der Waals surface area contributed by atoms with Crippen molar-refractivity contribution in [1.29, 1.82) is 0 Å². The minimum Gasteiger partial charge on any atom is -0.468 e. The summed E-state index contributed by atoms with van der Waals surface area (Å²) in [4.78, 5) is 23.4. The average molecular weight is 416 g/mol. The molecule has 0 aliphatic heterocycles. The van der Waals surface area contributed by atoms with Gasteiger partial charge in [-0.25, -0.2) is 17.6 Å². The Bertz CT molecular complexity index is 962. The predicted molar refractivity (Wildman–Crippen MR) is 95.7 cm³/mol. The molecule has 0 fully saturated rings. The van der Waals surface area contributed by atoms with Crippen LogP contribution in [0, 0.1) is 5.82 Å². The summed E-state index contributed by atoms with van der Waals surface area (Å²) in [7, 11) is -2.02. The summed E-state index contributed by atoms with van der Waals surface area (Å²) in [5, 5.41) is 0.0443. The van der Waals surface area contributed by atoms with Gasteiger partial charge in [0.15, 0.2) is 0 Å². The first kappa shape index (κ1) is 20.7. The highest BCUT2D eigenvalue weighted by molar-refractivity contribution is 7.92. The SMILES string of the molecule is COC(=O)CN(c1ccc(Cl)c(C(=O)OC)c1)S(=O)(=O)c1ccc(F)cc1. The van der Waals surface area contributed by atoms with E-state index in [4.69, 9.17) is 11.6 Å². The van der Waals surface area contributed by atoms with Crippen molar-refractivity contribution in [3.8, 4) is 0 Å². The first-order valence-electron chi connectivity index (χ1n) is 7.43. The zero-order chi connectivity index (χ0) is 20.2. The van der Waals surface area contributed by atoms with E-state index in [1.165, 1.54) is 18.2 Å². The molecule has 2 aromatic carbocycles. The van der Waals surface area contributed by atoms with Crippen LogP contribution >= 0.6 is 11.6 Å². The maximum Gasteiger partial charge on any atom is 0.339 e. The topological polar surface area (TPSA) is 90.0 Å². The largest absolute Gasteiger partial charge is 0.468 e. The van der Waals surface area contributed by atoms with Crippen LogP contribution in [-0.4, -0.2) is 41.1 Å². The number of methoxy groups -OCH3 is 2. The lowest BCUT2D eigenvalue weighted by molar-refractivity contribution is -0.138. The van der Waals surface area contributed by atoms with Crippen molar-refractivity contribution in [2.75, 3.05) is 25.1 Å². The van der Waals surface area contributed by atoms with E-state index in [2.05, 4.69) is 9.47 Å². The Morgan fingerprint density at radius 3 is 2.26 bits per heavy atom. The molecule has 10 heteroatoms. The maximum absolute atomic E-state index is 13.1. The van der Waals surface area contributed by atoms with E-state index in [1.807, 2.05) is 0 Å². The molecule has 0 N–H and O–H groups in total. The molecule has 0 atom stereocenters. The lowest BCUT2D eigenvalue weighted by Gasteiger charge is -2.24. The van der Waals surface area contributed by atoms with E-state index < -0.39 is 34.3 Å². The van der Waals surface area contributed by atoms with Crippen molar-refractivity contribution in [3.05, 3.63) is 58.9 Å². The summed E-state index contributed by atoms with van der Waals surface area (Å²) in [6.07, 6.45) is 0. The molecule has 0 saturated heterocycles. The van der Waals surface area contributed by atoms with Gasteiger partial charge in [-0.15, -0.1) is 0 Å². The zero-order valence-electron chi connectivity index (χ0n) is 14.3. The van der Waals surface area contributed by atoms with Gasteiger partial charge in [0, 0.05) is 0 Å². The fourth-order valence-corrected chi connectivity index (χ4v) is 3.76. The normalized spacial score (nSPS) is 11.0. The van der Waals surface area contributed by atoms with Crippen LogP contribution in [0.4, 0.5) is 10.1 Å². The molecule has 0 amide bonds. The molecule has 0 saturated carbocycles. The molecule has 144 valence electrons. The van der Waals surface area contributed by atoms with Gasteiger partial charge in [0.2, 0.25) is 0 Å². The Morgan fingerprint density at radius 1 is 1.07 bits per heavy atom. The molecular formula is C17H15ClFNO6S. The third-order valence-corrected chi connectivity index (χ3v) is 5.66. The number of ether oxygens (including phenoxy) is 2. The molecule has 27 heavy (non-hydrogen) atoms. The van der Waals surface area contributed by atoms with E-state index in [-0.39, 0.29) is 21.2 Å². The molecule has 2 rings (SSSR count). The fourth-order valence-electron chi connectivity index (χ4n) is 2.17. The number of anilines is 1. The molecule has 2 aromatic rings. The molecule has 0 aromatic heterocycles. The van der Waals surface area contributed by atoms with Crippen molar-refractivity contribution < 1.29 is 31.9 Å². The van der Waals surface area contributed by atoms with Gasteiger partial charge in [0.25, 0.3) is 10.0 Å². The molecule has 0 spiro atoms. The van der Waals surface area contributed by atoms with Crippen LogP contribution in [0.5, 0.6) is 0 Å².